The van der Waals surface area contributed by atoms with Gasteiger partial charge in [-0.2, -0.15) is 0 Å². The minimum absolute atomic E-state index is 0.119. The fraction of sp³-hybridized carbons (Fsp3) is 0.500. The molecule has 1 aliphatic rings. The summed E-state index contributed by atoms with van der Waals surface area (Å²) in [6.07, 6.45) is -0.393. The van der Waals surface area contributed by atoms with E-state index in [0.717, 1.165) is 16.8 Å². The molecule has 0 aliphatic carbocycles. The Hall–Kier alpha value is -0.640. The third-order valence-electron chi connectivity index (χ3n) is 2.27. The first-order valence-electron chi connectivity index (χ1n) is 4.52. The summed E-state index contributed by atoms with van der Waals surface area (Å²) < 4.78 is 10.8. The molecule has 76 valence electrons. The van der Waals surface area contributed by atoms with E-state index in [4.69, 9.17) is 21.1 Å². The van der Waals surface area contributed by atoms with Crippen LogP contribution in [0.4, 0.5) is 0 Å². The van der Waals surface area contributed by atoms with Gasteiger partial charge in [-0.3, -0.25) is 0 Å². The summed E-state index contributed by atoms with van der Waals surface area (Å²) in [5.41, 5.74) is 2.78. The summed E-state index contributed by atoms with van der Waals surface area (Å²) in [4.78, 5) is 4.15. The number of rotatable bonds is 1. The average Bonchev–Trinajstić information content (AvgIpc) is 2.06. The highest BCUT2D eigenvalue weighted by Crippen LogP contribution is 2.35. The lowest BCUT2D eigenvalue weighted by molar-refractivity contribution is -0.382. The van der Waals surface area contributed by atoms with E-state index in [-0.39, 0.29) is 12.6 Å². The van der Waals surface area contributed by atoms with Crippen LogP contribution in [0, 0.1) is 13.8 Å². The first kappa shape index (κ1) is 9.90. The maximum absolute atomic E-state index is 5.96. The van der Waals surface area contributed by atoms with Gasteiger partial charge in [0, 0.05) is 11.3 Å². The molecule has 4 heteroatoms. The van der Waals surface area contributed by atoms with Gasteiger partial charge < -0.3 is 9.47 Å². The van der Waals surface area contributed by atoms with E-state index in [9.17, 15) is 0 Å². The molecule has 0 aromatic carbocycles. The molecule has 2 heterocycles. The topological polar surface area (TPSA) is 31.4 Å². The van der Waals surface area contributed by atoms with Crippen molar-refractivity contribution in [1.29, 1.82) is 0 Å². The van der Waals surface area contributed by atoms with Crippen molar-refractivity contribution in [1.82, 2.24) is 4.98 Å². The van der Waals surface area contributed by atoms with Crippen LogP contribution < -0.4 is 0 Å². The molecule has 0 unspecified atom stereocenters. The second-order valence-corrected chi connectivity index (χ2v) is 3.80. The predicted molar refractivity (Wildman–Crippen MR) is 53.1 cm³/mol. The Morgan fingerprint density at radius 2 is 2.00 bits per heavy atom. The fourth-order valence-corrected chi connectivity index (χ4v) is 1.72. The molecule has 0 saturated carbocycles. The Bertz CT molecular complexity index is 361. The van der Waals surface area contributed by atoms with Gasteiger partial charge in [-0.1, -0.05) is 11.6 Å². The van der Waals surface area contributed by atoms with E-state index >= 15 is 0 Å². The number of aryl methyl sites for hydroxylation is 1. The lowest BCUT2D eigenvalue weighted by atomic mass is 10.1. The lowest BCUT2D eigenvalue weighted by Gasteiger charge is -2.34. The van der Waals surface area contributed by atoms with E-state index in [1.165, 1.54) is 0 Å². The standard InChI is InChI=1S/C10H12ClNO2/c1-5-4-8(6(2)9(11)12-5)10-13-7(3)14-10/h4,7,10H,1-3H3. The Morgan fingerprint density at radius 3 is 2.57 bits per heavy atom. The number of aromatic nitrogens is 1. The molecule has 0 bridgehead atoms. The number of pyridine rings is 1. The number of halogens is 1. The van der Waals surface area contributed by atoms with Crippen LogP contribution in [0.3, 0.4) is 0 Å². The van der Waals surface area contributed by atoms with E-state index in [1.54, 1.807) is 0 Å². The highest BCUT2D eigenvalue weighted by Gasteiger charge is 2.30. The molecular weight excluding hydrogens is 202 g/mol. The molecule has 2 rings (SSSR count). The van der Waals surface area contributed by atoms with Crippen LogP contribution in [-0.2, 0) is 9.47 Å². The highest BCUT2D eigenvalue weighted by molar-refractivity contribution is 6.30. The SMILES string of the molecule is Cc1cc(C2OC(C)O2)c(C)c(Cl)n1. The molecule has 0 radical (unpaired) electrons. The molecule has 14 heavy (non-hydrogen) atoms. The molecule has 0 spiro atoms. The third-order valence-corrected chi connectivity index (χ3v) is 2.63. The normalized spacial score (nSPS) is 26.0. The summed E-state index contributed by atoms with van der Waals surface area (Å²) in [6.45, 7) is 5.68. The Kier molecular flexibility index (Phi) is 2.47. The first-order valence-corrected chi connectivity index (χ1v) is 4.90. The van der Waals surface area contributed by atoms with Gasteiger partial charge in [0.1, 0.15) is 5.15 Å². The zero-order valence-electron chi connectivity index (χ0n) is 8.37. The van der Waals surface area contributed by atoms with E-state index in [2.05, 4.69) is 4.98 Å². The molecule has 0 amide bonds. The smallest absolute Gasteiger partial charge is 0.190 e. The van der Waals surface area contributed by atoms with Crippen molar-refractivity contribution in [3.05, 3.63) is 28.0 Å². The van der Waals surface area contributed by atoms with Crippen molar-refractivity contribution in [3.63, 3.8) is 0 Å². The van der Waals surface area contributed by atoms with Gasteiger partial charge in [0.15, 0.2) is 12.6 Å². The van der Waals surface area contributed by atoms with Crippen LogP contribution in [0.5, 0.6) is 0 Å². The van der Waals surface area contributed by atoms with Crippen molar-refractivity contribution >= 4 is 11.6 Å². The van der Waals surface area contributed by atoms with Gasteiger partial charge in [-0.25, -0.2) is 4.98 Å². The molecule has 1 aromatic rings. The zero-order valence-corrected chi connectivity index (χ0v) is 9.13. The summed E-state index contributed by atoms with van der Waals surface area (Å²) >= 11 is 5.96. The van der Waals surface area contributed by atoms with E-state index in [1.807, 2.05) is 26.8 Å². The predicted octanol–water partition coefficient (Wildman–Crippen LogP) is 2.74. The van der Waals surface area contributed by atoms with Crippen molar-refractivity contribution < 1.29 is 9.47 Å². The number of hydrogen-bond acceptors (Lipinski definition) is 3. The largest absolute Gasteiger partial charge is 0.320 e. The van der Waals surface area contributed by atoms with Crippen molar-refractivity contribution in [2.45, 2.75) is 33.4 Å². The van der Waals surface area contributed by atoms with Gasteiger partial charge in [0.05, 0.1) is 0 Å². The third kappa shape index (κ3) is 1.63. The van der Waals surface area contributed by atoms with E-state index in [0.29, 0.717) is 5.15 Å². The first-order chi connectivity index (χ1) is 6.58. The molecule has 1 aromatic heterocycles. The minimum Gasteiger partial charge on any atom is -0.320 e. The van der Waals surface area contributed by atoms with Crippen LogP contribution in [0.15, 0.2) is 6.07 Å². The Labute approximate surface area is 88.0 Å². The van der Waals surface area contributed by atoms with Crippen molar-refractivity contribution in [3.8, 4) is 0 Å². The quantitative estimate of drug-likeness (QED) is 0.673. The number of nitrogens with zero attached hydrogens (tertiary/aromatic N) is 1. The fourth-order valence-electron chi connectivity index (χ4n) is 1.47. The van der Waals surface area contributed by atoms with Gasteiger partial charge in [-0.15, -0.1) is 0 Å². The maximum atomic E-state index is 5.96. The lowest BCUT2D eigenvalue weighted by Crippen LogP contribution is -2.32. The maximum Gasteiger partial charge on any atom is 0.190 e. The van der Waals surface area contributed by atoms with E-state index < -0.39 is 0 Å². The monoisotopic (exact) mass is 213 g/mol. The van der Waals surface area contributed by atoms with Gasteiger partial charge in [-0.05, 0) is 32.4 Å². The second kappa shape index (κ2) is 3.50. The summed E-state index contributed by atoms with van der Waals surface area (Å²) in [5.74, 6) is 0. The zero-order chi connectivity index (χ0) is 10.3. The molecule has 1 saturated heterocycles. The summed E-state index contributed by atoms with van der Waals surface area (Å²) in [5, 5.41) is 0.520. The minimum atomic E-state index is -0.274. The van der Waals surface area contributed by atoms with Crippen LogP contribution in [-0.4, -0.2) is 11.3 Å². The molecule has 3 nitrogen and oxygen atoms in total. The molecule has 1 fully saturated rings. The molecule has 0 atom stereocenters. The van der Waals surface area contributed by atoms with Crippen LogP contribution in [0.25, 0.3) is 0 Å². The Morgan fingerprint density at radius 1 is 1.36 bits per heavy atom. The van der Waals surface area contributed by atoms with Crippen LogP contribution >= 0.6 is 11.6 Å². The molecule has 0 N–H and O–H groups in total. The summed E-state index contributed by atoms with van der Waals surface area (Å²) in [6, 6.07) is 1.94. The average molecular weight is 214 g/mol. The van der Waals surface area contributed by atoms with Gasteiger partial charge in [0.25, 0.3) is 0 Å². The summed E-state index contributed by atoms with van der Waals surface area (Å²) in [7, 11) is 0. The highest BCUT2D eigenvalue weighted by atomic mass is 35.5. The Balaban J connectivity index is 2.33. The van der Waals surface area contributed by atoms with Gasteiger partial charge >= 0.3 is 0 Å². The molecule has 1 aliphatic heterocycles. The van der Waals surface area contributed by atoms with Crippen LogP contribution in [0.2, 0.25) is 5.15 Å². The molecular formula is C10H12ClNO2. The number of ether oxygens (including phenoxy) is 2. The van der Waals surface area contributed by atoms with Gasteiger partial charge in [0.2, 0.25) is 0 Å². The number of hydrogen-bond donors (Lipinski definition) is 0. The van der Waals surface area contributed by atoms with Crippen LogP contribution in [0.1, 0.15) is 30.0 Å². The second-order valence-electron chi connectivity index (χ2n) is 3.44. The van der Waals surface area contributed by atoms with Crippen molar-refractivity contribution in [2.75, 3.05) is 0 Å². The van der Waals surface area contributed by atoms with Crippen molar-refractivity contribution in [2.24, 2.45) is 0 Å².